The summed E-state index contributed by atoms with van der Waals surface area (Å²) in [5.41, 5.74) is 1.42. The van der Waals surface area contributed by atoms with E-state index < -0.39 is 0 Å². The van der Waals surface area contributed by atoms with E-state index in [1.807, 2.05) is 23.9 Å². The predicted octanol–water partition coefficient (Wildman–Crippen LogP) is 3.25. The molecule has 0 saturated heterocycles. The van der Waals surface area contributed by atoms with Gasteiger partial charge in [0, 0.05) is 10.6 Å². The molecule has 80 valence electrons. The molecule has 1 aromatic rings. The second kappa shape index (κ2) is 5.38. The average Bonchev–Trinajstić information content (AvgIpc) is 2.66. The van der Waals surface area contributed by atoms with Crippen LogP contribution in [0.1, 0.15) is 19.3 Å². The summed E-state index contributed by atoms with van der Waals surface area (Å²) in [6, 6.07) is 10.5. The molecule has 2 heteroatoms. The number of benzene rings is 1. The lowest BCUT2D eigenvalue weighted by atomic mass is 10.2. The third-order valence-electron chi connectivity index (χ3n) is 2.62. The Morgan fingerprint density at radius 1 is 1.27 bits per heavy atom. The van der Waals surface area contributed by atoms with Crippen molar-refractivity contribution in [1.82, 2.24) is 0 Å². The van der Waals surface area contributed by atoms with Crippen LogP contribution >= 0.6 is 11.8 Å². The Labute approximate surface area is 95.2 Å². The van der Waals surface area contributed by atoms with Crippen LogP contribution in [0.3, 0.4) is 0 Å². The number of aliphatic hydroxyl groups excluding tert-OH is 1. The van der Waals surface area contributed by atoms with E-state index in [1.54, 1.807) is 0 Å². The standard InChI is InChI=1S/C13H16OS/c14-12-7-6-11(10-12)8-9-15-13-4-2-1-3-5-13/h1-5,10,12,14H,6-9H2. The highest BCUT2D eigenvalue weighted by Crippen LogP contribution is 2.25. The Kier molecular flexibility index (Phi) is 3.87. The minimum atomic E-state index is -0.179. The summed E-state index contributed by atoms with van der Waals surface area (Å²) >= 11 is 1.89. The maximum Gasteiger partial charge on any atom is 0.0726 e. The number of hydrogen-bond donors (Lipinski definition) is 1. The van der Waals surface area contributed by atoms with Crippen LogP contribution in [0.25, 0.3) is 0 Å². The van der Waals surface area contributed by atoms with Crippen LogP contribution in [0.5, 0.6) is 0 Å². The fourth-order valence-electron chi connectivity index (χ4n) is 1.80. The first-order valence-electron chi connectivity index (χ1n) is 5.40. The topological polar surface area (TPSA) is 20.2 Å². The molecule has 1 unspecified atom stereocenters. The Bertz CT molecular complexity index is 332. The van der Waals surface area contributed by atoms with Crippen LogP contribution in [0.4, 0.5) is 0 Å². The average molecular weight is 220 g/mol. The van der Waals surface area contributed by atoms with Crippen LogP contribution < -0.4 is 0 Å². The van der Waals surface area contributed by atoms with Crippen LogP contribution in [0, 0.1) is 0 Å². The zero-order valence-corrected chi connectivity index (χ0v) is 9.54. The number of aliphatic hydroxyl groups is 1. The number of allylic oxidation sites excluding steroid dienone is 1. The third kappa shape index (κ3) is 3.40. The van der Waals surface area contributed by atoms with Gasteiger partial charge in [0.25, 0.3) is 0 Å². The van der Waals surface area contributed by atoms with Gasteiger partial charge in [-0.3, -0.25) is 0 Å². The normalized spacial score (nSPS) is 20.3. The predicted molar refractivity (Wildman–Crippen MR) is 65.1 cm³/mol. The van der Waals surface area contributed by atoms with Crippen molar-refractivity contribution < 1.29 is 5.11 Å². The summed E-state index contributed by atoms with van der Waals surface area (Å²) in [7, 11) is 0. The number of hydrogen-bond acceptors (Lipinski definition) is 2. The Morgan fingerprint density at radius 3 is 2.73 bits per heavy atom. The minimum absolute atomic E-state index is 0.179. The lowest BCUT2D eigenvalue weighted by Crippen LogP contribution is -1.93. The zero-order chi connectivity index (χ0) is 10.5. The van der Waals surface area contributed by atoms with Crippen LogP contribution in [-0.2, 0) is 0 Å². The molecule has 0 bridgehead atoms. The molecule has 1 atom stereocenters. The first-order valence-corrected chi connectivity index (χ1v) is 6.38. The van der Waals surface area contributed by atoms with Gasteiger partial charge < -0.3 is 5.11 Å². The lowest BCUT2D eigenvalue weighted by molar-refractivity contribution is 0.223. The SMILES string of the molecule is OC1C=C(CCSc2ccccc2)CC1. The van der Waals surface area contributed by atoms with Crippen molar-refractivity contribution in [2.24, 2.45) is 0 Å². The highest BCUT2D eigenvalue weighted by atomic mass is 32.2. The van der Waals surface area contributed by atoms with Crippen LogP contribution in [-0.4, -0.2) is 17.0 Å². The van der Waals surface area contributed by atoms with Crippen molar-refractivity contribution in [3.05, 3.63) is 42.0 Å². The smallest absolute Gasteiger partial charge is 0.0726 e. The lowest BCUT2D eigenvalue weighted by Gasteiger charge is -2.01. The van der Waals surface area contributed by atoms with Crippen molar-refractivity contribution in [3.8, 4) is 0 Å². The van der Waals surface area contributed by atoms with E-state index in [9.17, 15) is 5.11 Å². The molecular formula is C13H16OS. The minimum Gasteiger partial charge on any atom is -0.389 e. The zero-order valence-electron chi connectivity index (χ0n) is 8.73. The molecule has 1 N–H and O–H groups in total. The second-order valence-corrected chi connectivity index (χ2v) is 5.01. The molecule has 1 nitrogen and oxygen atoms in total. The summed E-state index contributed by atoms with van der Waals surface area (Å²) in [4.78, 5) is 1.33. The van der Waals surface area contributed by atoms with E-state index in [0.717, 1.165) is 25.0 Å². The highest BCUT2D eigenvalue weighted by Gasteiger charge is 2.11. The molecule has 0 saturated carbocycles. The third-order valence-corrected chi connectivity index (χ3v) is 3.64. The van der Waals surface area contributed by atoms with E-state index in [0.29, 0.717) is 0 Å². The largest absolute Gasteiger partial charge is 0.389 e. The summed E-state index contributed by atoms with van der Waals surface area (Å²) in [6.07, 6.45) is 4.95. The molecule has 0 amide bonds. The van der Waals surface area contributed by atoms with Gasteiger partial charge in [-0.05, 0) is 31.4 Å². The fourth-order valence-corrected chi connectivity index (χ4v) is 2.75. The Morgan fingerprint density at radius 2 is 2.07 bits per heavy atom. The van der Waals surface area contributed by atoms with Gasteiger partial charge in [0.2, 0.25) is 0 Å². The van der Waals surface area contributed by atoms with Crippen LogP contribution in [0.2, 0.25) is 0 Å². The monoisotopic (exact) mass is 220 g/mol. The molecule has 0 aromatic heterocycles. The second-order valence-electron chi connectivity index (χ2n) is 3.84. The number of rotatable bonds is 4. The summed E-state index contributed by atoms with van der Waals surface area (Å²) < 4.78 is 0. The fraction of sp³-hybridized carbons (Fsp3) is 0.385. The maximum absolute atomic E-state index is 9.33. The van der Waals surface area contributed by atoms with Gasteiger partial charge in [-0.2, -0.15) is 0 Å². The first-order chi connectivity index (χ1) is 7.34. The van der Waals surface area contributed by atoms with Gasteiger partial charge in [-0.15, -0.1) is 11.8 Å². The van der Waals surface area contributed by atoms with Gasteiger partial charge in [0.1, 0.15) is 0 Å². The van der Waals surface area contributed by atoms with Crippen molar-refractivity contribution in [2.75, 3.05) is 5.75 Å². The maximum atomic E-state index is 9.33. The molecular weight excluding hydrogens is 204 g/mol. The van der Waals surface area contributed by atoms with Crippen molar-refractivity contribution >= 4 is 11.8 Å². The first kappa shape index (κ1) is 10.8. The molecule has 1 aromatic carbocycles. The molecule has 1 aliphatic rings. The van der Waals surface area contributed by atoms with Gasteiger partial charge in [-0.1, -0.05) is 29.8 Å². The summed E-state index contributed by atoms with van der Waals surface area (Å²) in [6.45, 7) is 0. The van der Waals surface area contributed by atoms with Gasteiger partial charge in [-0.25, -0.2) is 0 Å². The van der Waals surface area contributed by atoms with Crippen LogP contribution in [0.15, 0.2) is 46.9 Å². The highest BCUT2D eigenvalue weighted by molar-refractivity contribution is 7.99. The number of thioether (sulfide) groups is 1. The molecule has 0 spiro atoms. The van der Waals surface area contributed by atoms with Gasteiger partial charge in [0.15, 0.2) is 0 Å². The molecule has 15 heavy (non-hydrogen) atoms. The summed E-state index contributed by atoms with van der Waals surface area (Å²) in [5.74, 6) is 1.11. The van der Waals surface area contributed by atoms with E-state index in [2.05, 4.69) is 24.3 Å². The van der Waals surface area contributed by atoms with E-state index in [4.69, 9.17) is 0 Å². The van der Waals surface area contributed by atoms with E-state index in [-0.39, 0.29) is 6.10 Å². The molecule has 0 aliphatic heterocycles. The quantitative estimate of drug-likeness (QED) is 0.621. The molecule has 2 rings (SSSR count). The Hall–Kier alpha value is -0.730. The Balaban J connectivity index is 1.74. The molecule has 1 aliphatic carbocycles. The van der Waals surface area contributed by atoms with Crippen molar-refractivity contribution in [1.29, 1.82) is 0 Å². The van der Waals surface area contributed by atoms with Gasteiger partial charge in [0.05, 0.1) is 6.10 Å². The summed E-state index contributed by atoms with van der Waals surface area (Å²) in [5, 5.41) is 9.33. The van der Waals surface area contributed by atoms with Gasteiger partial charge >= 0.3 is 0 Å². The van der Waals surface area contributed by atoms with Crippen molar-refractivity contribution in [2.45, 2.75) is 30.3 Å². The molecule has 0 heterocycles. The van der Waals surface area contributed by atoms with E-state index in [1.165, 1.54) is 10.5 Å². The molecule has 0 radical (unpaired) electrons. The molecule has 0 fully saturated rings. The van der Waals surface area contributed by atoms with Crippen molar-refractivity contribution in [3.63, 3.8) is 0 Å². The van der Waals surface area contributed by atoms with E-state index >= 15 is 0 Å².